The molecule has 184 valence electrons. The van der Waals surface area contributed by atoms with Crippen LogP contribution >= 0.6 is 0 Å². The van der Waals surface area contributed by atoms with Crippen molar-refractivity contribution in [3.05, 3.63) is 35.9 Å². The molecule has 1 aliphatic heterocycles. The Labute approximate surface area is 208 Å². The fourth-order valence-corrected chi connectivity index (χ4v) is 7.24. The first kappa shape index (κ1) is 28.5. The first-order valence-electron chi connectivity index (χ1n) is 13.7. The van der Waals surface area contributed by atoms with Gasteiger partial charge >= 0.3 is 0 Å². The summed E-state index contributed by atoms with van der Waals surface area (Å²) in [7, 11) is 0. The average molecular weight is 451 g/mol. The second-order valence-corrected chi connectivity index (χ2v) is 12.1. The van der Waals surface area contributed by atoms with Crippen LogP contribution in [-0.2, 0) is 6.42 Å². The average Bonchev–Trinajstić information content (AvgIpc) is 2.99. The minimum Gasteiger partial charge on any atom is -0.348 e. The van der Waals surface area contributed by atoms with Crippen LogP contribution in [0.2, 0.25) is 12.1 Å². The molecule has 2 rings (SSSR count). The van der Waals surface area contributed by atoms with Crippen LogP contribution in [-0.4, -0.2) is 70.8 Å². The smallest absolute Gasteiger partial charge is 0.205 e. The fraction of sp³-hybridized carbons (Fsp3) is 0.778. The number of rotatable bonds is 11. The van der Waals surface area contributed by atoms with E-state index in [0.29, 0.717) is 62.2 Å². The van der Waals surface area contributed by atoms with Crippen molar-refractivity contribution in [2.24, 2.45) is 0 Å². The van der Waals surface area contributed by atoms with E-state index in [9.17, 15) is 0 Å². The van der Waals surface area contributed by atoms with Crippen LogP contribution in [0.4, 0.5) is 0 Å². The Morgan fingerprint density at radius 1 is 0.636 bits per heavy atom. The topological polar surface area (TPSA) is 9.72 Å². The Kier molecular flexibility index (Phi) is 10.6. The lowest BCUT2D eigenvalue weighted by Crippen LogP contribution is -2.71. The van der Waals surface area contributed by atoms with Crippen LogP contribution < -0.4 is 0 Å². The van der Waals surface area contributed by atoms with Crippen molar-refractivity contribution in [2.75, 3.05) is 0 Å². The minimum absolute atomic E-state index is 0.522. The van der Waals surface area contributed by atoms with Crippen molar-refractivity contribution in [2.45, 2.75) is 138 Å². The molecular weight excluding hydrogens is 399 g/mol. The van der Waals surface area contributed by atoms with Crippen molar-refractivity contribution < 1.29 is 0 Å². The third kappa shape index (κ3) is 6.70. The lowest BCUT2D eigenvalue weighted by molar-refractivity contribution is 0.287. The van der Waals surface area contributed by atoms with E-state index in [0.717, 1.165) is 0 Å². The zero-order chi connectivity index (χ0) is 25.0. The van der Waals surface area contributed by atoms with E-state index in [4.69, 9.17) is 0 Å². The Bertz CT molecular complexity index is 669. The molecule has 0 aromatic heterocycles. The van der Waals surface area contributed by atoms with Gasteiger partial charge in [-0.25, -0.2) is 0 Å². The monoisotopic (exact) mass is 451 g/mol. The van der Waals surface area contributed by atoms with E-state index < -0.39 is 0 Å². The van der Waals surface area contributed by atoms with E-state index in [2.05, 4.69) is 128 Å². The Morgan fingerprint density at radius 2 is 1.06 bits per heavy atom. The third-order valence-corrected chi connectivity index (χ3v) is 7.76. The van der Waals surface area contributed by atoms with Gasteiger partial charge in [-0.05, 0) is 48.2 Å². The molecule has 0 radical (unpaired) electrons. The summed E-state index contributed by atoms with van der Waals surface area (Å²) in [5.74, 6) is 0.646. The van der Waals surface area contributed by atoms with Crippen LogP contribution in [0.5, 0.6) is 0 Å². The molecule has 0 bridgehead atoms. The third-order valence-electron chi connectivity index (χ3n) is 7.76. The molecule has 0 saturated carbocycles. The van der Waals surface area contributed by atoms with Crippen LogP contribution in [0.1, 0.15) is 88.6 Å². The highest BCUT2D eigenvalue weighted by Gasteiger charge is 2.59. The highest BCUT2D eigenvalue weighted by molar-refractivity contribution is 7.51. The molecule has 33 heavy (non-hydrogen) atoms. The zero-order valence-corrected chi connectivity index (χ0v) is 23.9. The minimum atomic E-state index is 0.522. The summed E-state index contributed by atoms with van der Waals surface area (Å²) in [6.07, 6.45) is 2.44. The van der Waals surface area contributed by atoms with Crippen LogP contribution in [0, 0.1) is 0 Å². The molecule has 1 aromatic carbocycles. The predicted molar refractivity (Wildman–Crippen MR) is 152 cm³/mol. The van der Waals surface area contributed by atoms with E-state index in [1.807, 2.05) is 0 Å². The summed E-state index contributed by atoms with van der Waals surface area (Å²) in [4.78, 5) is 8.55. The van der Waals surface area contributed by atoms with Crippen molar-refractivity contribution in [1.29, 1.82) is 0 Å². The van der Waals surface area contributed by atoms with Gasteiger partial charge in [-0.2, -0.15) is 0 Å². The van der Waals surface area contributed by atoms with Gasteiger partial charge in [-0.15, -0.1) is 0 Å². The molecule has 3 nitrogen and oxygen atoms in total. The van der Waals surface area contributed by atoms with Crippen molar-refractivity contribution in [1.82, 2.24) is 14.4 Å². The van der Waals surface area contributed by atoms with Crippen molar-refractivity contribution in [3.8, 4) is 0 Å². The number of hydrogen-bond acceptors (Lipinski definition) is 3. The lowest BCUT2D eigenvalue weighted by atomic mass is 9.02. The Hall–Kier alpha value is -0.705. The van der Waals surface area contributed by atoms with E-state index in [-0.39, 0.29) is 0 Å². The molecule has 1 aliphatic rings. The first-order chi connectivity index (χ1) is 15.4. The van der Waals surface area contributed by atoms with Gasteiger partial charge in [0.2, 0.25) is 13.5 Å². The summed E-state index contributed by atoms with van der Waals surface area (Å²) in [6, 6.07) is 14.4. The van der Waals surface area contributed by atoms with Crippen molar-refractivity contribution >= 4 is 20.1 Å². The first-order valence-corrected chi connectivity index (χ1v) is 13.7. The highest BCUT2D eigenvalue weighted by Crippen LogP contribution is 2.40. The SMILES string of the molecule is CC(C)N(B1CC(Cc2ccccc2)B(N(C(C)C)C(C)C)B1N(C(C)C)C(C)C)C(C)C. The summed E-state index contributed by atoms with van der Waals surface area (Å²) < 4.78 is 0. The molecule has 1 unspecified atom stereocenters. The fourth-order valence-electron chi connectivity index (χ4n) is 7.24. The summed E-state index contributed by atoms with van der Waals surface area (Å²) in [5, 5.41) is 0. The maximum atomic E-state index is 2.86. The van der Waals surface area contributed by atoms with Crippen LogP contribution in [0.15, 0.2) is 30.3 Å². The molecule has 1 aromatic rings. The molecule has 0 N–H and O–H groups in total. The number of nitrogens with zero attached hydrogens (tertiary/aromatic N) is 3. The molecule has 1 saturated heterocycles. The largest absolute Gasteiger partial charge is 0.348 e. The lowest BCUT2D eigenvalue weighted by Gasteiger charge is -2.48. The van der Waals surface area contributed by atoms with E-state index in [1.165, 1.54) is 18.3 Å². The van der Waals surface area contributed by atoms with Gasteiger partial charge in [0.1, 0.15) is 0 Å². The molecule has 6 heteroatoms. The van der Waals surface area contributed by atoms with Gasteiger partial charge in [-0.1, -0.05) is 126 Å². The molecule has 1 fully saturated rings. The predicted octanol–water partition coefficient (Wildman–Crippen LogP) is 6.10. The van der Waals surface area contributed by atoms with Gasteiger partial charge in [-0.3, -0.25) is 0 Å². The van der Waals surface area contributed by atoms with Gasteiger partial charge in [0.25, 0.3) is 0 Å². The van der Waals surface area contributed by atoms with Gasteiger partial charge < -0.3 is 14.4 Å². The molecule has 0 spiro atoms. The maximum absolute atomic E-state index is 2.86. The van der Waals surface area contributed by atoms with Crippen LogP contribution in [0.3, 0.4) is 0 Å². The van der Waals surface area contributed by atoms with Gasteiger partial charge in [0.15, 0.2) is 6.63 Å². The normalized spacial score (nSPS) is 17.8. The summed E-state index contributed by atoms with van der Waals surface area (Å²) in [5.41, 5.74) is 1.49. The van der Waals surface area contributed by atoms with E-state index in [1.54, 1.807) is 0 Å². The molecule has 0 amide bonds. The quantitative estimate of drug-likeness (QED) is 0.377. The second kappa shape index (κ2) is 12.3. The number of benzene rings is 1. The van der Waals surface area contributed by atoms with Gasteiger partial charge in [0.05, 0.1) is 0 Å². The molecule has 1 atom stereocenters. The van der Waals surface area contributed by atoms with Crippen molar-refractivity contribution in [3.63, 3.8) is 0 Å². The maximum Gasteiger partial charge on any atom is 0.205 e. The molecule has 0 aliphatic carbocycles. The zero-order valence-electron chi connectivity index (χ0n) is 23.9. The molecular formula is C27H52B3N3. The second-order valence-electron chi connectivity index (χ2n) is 12.1. The summed E-state index contributed by atoms with van der Waals surface area (Å²) >= 11 is 0. The van der Waals surface area contributed by atoms with Gasteiger partial charge in [0, 0.05) is 0 Å². The standard InChI is InChI=1S/C27H52B3N3/c1-20(2)31(21(3)4)28-19-27(18-26-16-14-13-15-17-26)29(32(22(5)6)23(7)8)30(28)33(24(9)10)25(11)12/h13-17,20-25,27H,18-19H2,1-12H3. The Morgan fingerprint density at radius 3 is 1.45 bits per heavy atom. The highest BCUT2D eigenvalue weighted by atomic mass is 15.2. The summed E-state index contributed by atoms with van der Waals surface area (Å²) in [6.45, 7) is 30.5. The molecule has 1 heterocycles. The number of hydrogen-bond donors (Lipinski definition) is 0. The van der Waals surface area contributed by atoms with E-state index >= 15 is 0 Å². The van der Waals surface area contributed by atoms with Crippen LogP contribution in [0.25, 0.3) is 0 Å². The Balaban J connectivity index is 2.68.